The van der Waals surface area contributed by atoms with E-state index in [-0.39, 0.29) is 11.5 Å². The molecule has 5 heteroatoms. The lowest BCUT2D eigenvalue weighted by Crippen LogP contribution is -2.13. The number of nitrogens with one attached hydrogen (secondary N) is 1. The summed E-state index contributed by atoms with van der Waals surface area (Å²) < 4.78 is 14.9. The van der Waals surface area contributed by atoms with Crippen LogP contribution in [0.1, 0.15) is 15.9 Å². The number of carbonyl (C=O) groups is 1. The molecule has 0 aliphatic carbocycles. The monoisotopic (exact) mass is 233 g/mol. The van der Waals surface area contributed by atoms with Gasteiger partial charge in [-0.15, -0.1) is 0 Å². The second-order valence-electron chi connectivity index (χ2n) is 3.79. The summed E-state index contributed by atoms with van der Waals surface area (Å²) in [4.78, 5) is 11.8. The van der Waals surface area contributed by atoms with Crippen molar-refractivity contribution >= 4 is 11.7 Å². The topological polar surface area (TPSA) is 46.9 Å². The van der Waals surface area contributed by atoms with E-state index in [1.54, 1.807) is 43.0 Å². The summed E-state index contributed by atoms with van der Waals surface area (Å²) in [6, 6.07) is 6.04. The third kappa shape index (κ3) is 2.50. The van der Waals surface area contributed by atoms with Crippen molar-refractivity contribution in [2.75, 3.05) is 5.32 Å². The number of amides is 1. The molecule has 0 fully saturated rings. The van der Waals surface area contributed by atoms with Gasteiger partial charge in [0.25, 0.3) is 5.91 Å². The minimum Gasteiger partial charge on any atom is -0.305 e. The standard InChI is InChI=1S/C12H12FN3O/c1-8-3-4-9(7-10(8)13)12(17)14-11-5-6-16(2)15-11/h3-7H,1-2H3,(H,14,15,17). The zero-order valence-corrected chi connectivity index (χ0v) is 9.57. The molecule has 2 rings (SSSR count). The number of aryl methyl sites for hydroxylation is 2. The van der Waals surface area contributed by atoms with E-state index in [1.807, 2.05) is 0 Å². The number of benzene rings is 1. The zero-order chi connectivity index (χ0) is 12.4. The van der Waals surface area contributed by atoms with Gasteiger partial charge in [0.15, 0.2) is 5.82 Å². The van der Waals surface area contributed by atoms with Crippen molar-refractivity contribution in [1.82, 2.24) is 9.78 Å². The fourth-order valence-electron chi connectivity index (χ4n) is 1.40. The first-order chi connectivity index (χ1) is 8.06. The summed E-state index contributed by atoms with van der Waals surface area (Å²) in [5.74, 6) is -0.320. The van der Waals surface area contributed by atoms with Crippen LogP contribution in [-0.4, -0.2) is 15.7 Å². The van der Waals surface area contributed by atoms with Crippen LogP contribution in [0.2, 0.25) is 0 Å². The van der Waals surface area contributed by atoms with Gasteiger partial charge in [0.2, 0.25) is 0 Å². The number of anilines is 1. The van der Waals surface area contributed by atoms with Gasteiger partial charge >= 0.3 is 0 Å². The van der Waals surface area contributed by atoms with Crippen LogP contribution >= 0.6 is 0 Å². The van der Waals surface area contributed by atoms with Gasteiger partial charge in [0.1, 0.15) is 5.82 Å². The highest BCUT2D eigenvalue weighted by atomic mass is 19.1. The highest BCUT2D eigenvalue weighted by molar-refractivity contribution is 6.03. The number of carbonyl (C=O) groups excluding carboxylic acids is 1. The Morgan fingerprint density at radius 3 is 2.76 bits per heavy atom. The van der Waals surface area contributed by atoms with Gasteiger partial charge in [-0.1, -0.05) is 6.07 Å². The summed E-state index contributed by atoms with van der Waals surface area (Å²) >= 11 is 0. The molecule has 1 aromatic heterocycles. The maximum absolute atomic E-state index is 13.3. The van der Waals surface area contributed by atoms with Gasteiger partial charge in [0.05, 0.1) is 0 Å². The van der Waals surface area contributed by atoms with Crippen LogP contribution in [0.25, 0.3) is 0 Å². The Balaban J connectivity index is 2.17. The number of halogens is 1. The minimum absolute atomic E-state index is 0.277. The highest BCUT2D eigenvalue weighted by Crippen LogP contribution is 2.11. The summed E-state index contributed by atoms with van der Waals surface area (Å²) in [5, 5.41) is 6.60. The van der Waals surface area contributed by atoms with E-state index in [0.29, 0.717) is 11.4 Å². The lowest BCUT2D eigenvalue weighted by molar-refractivity contribution is 0.102. The van der Waals surface area contributed by atoms with Crippen LogP contribution in [0.4, 0.5) is 10.2 Å². The Morgan fingerprint density at radius 2 is 2.18 bits per heavy atom. The van der Waals surface area contributed by atoms with E-state index in [9.17, 15) is 9.18 Å². The van der Waals surface area contributed by atoms with E-state index < -0.39 is 5.82 Å². The Morgan fingerprint density at radius 1 is 1.41 bits per heavy atom. The molecule has 1 amide bonds. The van der Waals surface area contributed by atoms with Gasteiger partial charge in [-0.2, -0.15) is 5.10 Å². The van der Waals surface area contributed by atoms with Gasteiger partial charge in [0, 0.05) is 24.9 Å². The van der Waals surface area contributed by atoms with Crippen molar-refractivity contribution in [2.45, 2.75) is 6.92 Å². The largest absolute Gasteiger partial charge is 0.305 e. The number of nitrogens with zero attached hydrogens (tertiary/aromatic N) is 2. The fourth-order valence-corrected chi connectivity index (χ4v) is 1.40. The van der Waals surface area contributed by atoms with Crippen molar-refractivity contribution in [2.24, 2.45) is 7.05 Å². The lowest BCUT2D eigenvalue weighted by Gasteiger charge is -2.03. The van der Waals surface area contributed by atoms with Crippen LogP contribution in [-0.2, 0) is 7.05 Å². The van der Waals surface area contributed by atoms with Gasteiger partial charge in [-0.05, 0) is 24.6 Å². The van der Waals surface area contributed by atoms with Crippen molar-refractivity contribution in [1.29, 1.82) is 0 Å². The zero-order valence-electron chi connectivity index (χ0n) is 9.57. The molecule has 1 N–H and O–H groups in total. The Kier molecular flexibility index (Phi) is 2.91. The summed E-state index contributed by atoms with van der Waals surface area (Å²) in [6.45, 7) is 1.65. The molecule has 0 atom stereocenters. The molecule has 4 nitrogen and oxygen atoms in total. The maximum Gasteiger partial charge on any atom is 0.256 e. The normalized spacial score (nSPS) is 10.3. The highest BCUT2D eigenvalue weighted by Gasteiger charge is 2.09. The molecule has 0 aliphatic heterocycles. The molecule has 0 radical (unpaired) electrons. The maximum atomic E-state index is 13.3. The average molecular weight is 233 g/mol. The summed E-state index contributed by atoms with van der Waals surface area (Å²) in [7, 11) is 1.75. The van der Waals surface area contributed by atoms with E-state index in [0.717, 1.165) is 0 Å². The van der Waals surface area contributed by atoms with Crippen molar-refractivity contribution in [3.8, 4) is 0 Å². The SMILES string of the molecule is Cc1ccc(C(=O)Nc2ccn(C)n2)cc1F. The van der Waals surface area contributed by atoms with Crippen LogP contribution in [0.15, 0.2) is 30.5 Å². The smallest absolute Gasteiger partial charge is 0.256 e. The molecule has 0 saturated heterocycles. The van der Waals surface area contributed by atoms with Crippen molar-refractivity contribution in [3.05, 3.63) is 47.4 Å². The Hall–Kier alpha value is -2.17. The van der Waals surface area contributed by atoms with Gasteiger partial charge in [-0.25, -0.2) is 4.39 Å². The molecule has 1 heterocycles. The molecule has 0 saturated carbocycles. The van der Waals surface area contributed by atoms with Crippen LogP contribution < -0.4 is 5.32 Å². The van der Waals surface area contributed by atoms with E-state index >= 15 is 0 Å². The van der Waals surface area contributed by atoms with Crippen molar-refractivity contribution in [3.63, 3.8) is 0 Å². The van der Waals surface area contributed by atoms with Crippen LogP contribution in [0.3, 0.4) is 0 Å². The van der Waals surface area contributed by atoms with E-state index in [2.05, 4.69) is 10.4 Å². The molecular weight excluding hydrogens is 221 g/mol. The first-order valence-electron chi connectivity index (χ1n) is 5.13. The second kappa shape index (κ2) is 4.37. The lowest BCUT2D eigenvalue weighted by atomic mass is 10.1. The third-order valence-corrected chi connectivity index (χ3v) is 2.39. The van der Waals surface area contributed by atoms with E-state index in [1.165, 1.54) is 6.07 Å². The molecule has 17 heavy (non-hydrogen) atoms. The second-order valence-corrected chi connectivity index (χ2v) is 3.79. The predicted octanol–water partition coefficient (Wildman–Crippen LogP) is 2.12. The fraction of sp³-hybridized carbons (Fsp3) is 0.167. The predicted molar refractivity (Wildman–Crippen MR) is 62.3 cm³/mol. The molecule has 1 aromatic carbocycles. The first-order valence-corrected chi connectivity index (χ1v) is 5.13. The Labute approximate surface area is 98.1 Å². The first kappa shape index (κ1) is 11.3. The molecular formula is C12H12FN3O. The summed E-state index contributed by atoms with van der Waals surface area (Å²) in [5.41, 5.74) is 0.790. The number of hydrogen-bond donors (Lipinski definition) is 1. The van der Waals surface area contributed by atoms with Crippen molar-refractivity contribution < 1.29 is 9.18 Å². The molecule has 0 unspecified atom stereocenters. The van der Waals surface area contributed by atoms with Gasteiger partial charge < -0.3 is 5.32 Å². The number of hydrogen-bond acceptors (Lipinski definition) is 2. The van der Waals surface area contributed by atoms with Crippen LogP contribution in [0.5, 0.6) is 0 Å². The third-order valence-electron chi connectivity index (χ3n) is 2.39. The van der Waals surface area contributed by atoms with E-state index in [4.69, 9.17) is 0 Å². The van der Waals surface area contributed by atoms with Gasteiger partial charge in [-0.3, -0.25) is 9.48 Å². The molecule has 0 aliphatic rings. The summed E-state index contributed by atoms with van der Waals surface area (Å²) in [6.07, 6.45) is 1.71. The molecule has 2 aromatic rings. The number of rotatable bonds is 2. The average Bonchev–Trinajstić information content (AvgIpc) is 2.68. The quantitative estimate of drug-likeness (QED) is 0.863. The molecule has 0 bridgehead atoms. The minimum atomic E-state index is -0.390. The molecule has 0 spiro atoms. The number of aromatic nitrogens is 2. The van der Waals surface area contributed by atoms with Crippen LogP contribution in [0, 0.1) is 12.7 Å². The molecule has 88 valence electrons. The Bertz CT molecular complexity index is 563.